The molecule has 1 heterocycles. The van der Waals surface area contributed by atoms with E-state index in [-0.39, 0.29) is 17.7 Å². The molecule has 116 valence electrons. The van der Waals surface area contributed by atoms with E-state index in [0.29, 0.717) is 13.0 Å². The number of rotatable bonds is 7. The first-order valence-corrected chi connectivity index (χ1v) is 7.41. The third-order valence-corrected chi connectivity index (χ3v) is 3.71. The smallest absolute Gasteiger partial charge is 0.243 e. The Morgan fingerprint density at radius 2 is 2.14 bits per heavy atom. The van der Waals surface area contributed by atoms with E-state index in [0.717, 1.165) is 23.3 Å². The minimum Gasteiger partial charge on any atom is -0.353 e. The van der Waals surface area contributed by atoms with Gasteiger partial charge in [-0.05, 0) is 38.5 Å². The Morgan fingerprint density at radius 3 is 2.82 bits per heavy atom. The molecule has 5 nitrogen and oxygen atoms in total. The van der Waals surface area contributed by atoms with E-state index in [1.165, 1.54) is 6.08 Å². The van der Waals surface area contributed by atoms with Crippen LogP contribution in [-0.4, -0.2) is 27.8 Å². The minimum atomic E-state index is -0.245. The van der Waals surface area contributed by atoms with Gasteiger partial charge in [0.2, 0.25) is 5.91 Å². The fourth-order valence-electron chi connectivity index (χ4n) is 2.41. The molecule has 1 atom stereocenters. The lowest BCUT2D eigenvalue weighted by atomic mass is 10.2. The summed E-state index contributed by atoms with van der Waals surface area (Å²) in [6.45, 7) is 7.45. The van der Waals surface area contributed by atoms with E-state index in [9.17, 15) is 9.59 Å². The van der Waals surface area contributed by atoms with Crippen molar-refractivity contribution in [1.29, 1.82) is 0 Å². The second kappa shape index (κ2) is 7.02. The van der Waals surface area contributed by atoms with E-state index in [1.54, 1.807) is 6.92 Å². The van der Waals surface area contributed by atoms with Gasteiger partial charge in [-0.25, -0.2) is 4.98 Å². The largest absolute Gasteiger partial charge is 0.353 e. The number of nitrogens with one attached hydrogen (secondary N) is 1. The highest BCUT2D eigenvalue weighted by molar-refractivity contribution is 5.86. The molecule has 0 saturated carbocycles. The van der Waals surface area contributed by atoms with Gasteiger partial charge in [-0.3, -0.25) is 9.59 Å². The number of hydrogen-bond donors (Lipinski definition) is 1. The lowest BCUT2D eigenvalue weighted by Gasteiger charge is -2.15. The lowest BCUT2D eigenvalue weighted by molar-refractivity contribution is -0.119. The van der Waals surface area contributed by atoms with Gasteiger partial charge in [-0.15, -0.1) is 0 Å². The van der Waals surface area contributed by atoms with Gasteiger partial charge in [0.1, 0.15) is 5.82 Å². The van der Waals surface area contributed by atoms with Crippen LogP contribution >= 0.6 is 0 Å². The maximum atomic E-state index is 11.8. The van der Waals surface area contributed by atoms with Crippen molar-refractivity contribution in [3.63, 3.8) is 0 Å². The van der Waals surface area contributed by atoms with Crippen LogP contribution in [0.1, 0.15) is 32.1 Å². The van der Waals surface area contributed by atoms with Crippen LogP contribution in [0.15, 0.2) is 36.9 Å². The molecule has 0 spiro atoms. The van der Waals surface area contributed by atoms with Crippen molar-refractivity contribution in [3.05, 3.63) is 42.7 Å². The monoisotopic (exact) mass is 299 g/mol. The van der Waals surface area contributed by atoms with Gasteiger partial charge in [0.25, 0.3) is 0 Å². The first-order chi connectivity index (χ1) is 10.5. The highest BCUT2D eigenvalue weighted by Gasteiger charge is 2.18. The normalized spacial score (nSPS) is 12.1. The summed E-state index contributed by atoms with van der Waals surface area (Å²) < 4.78 is 1.99. The van der Waals surface area contributed by atoms with Gasteiger partial charge in [-0.1, -0.05) is 18.7 Å². The number of carbonyl (C=O) groups excluding carboxylic acids is 2. The summed E-state index contributed by atoms with van der Waals surface area (Å²) in [5.74, 6) is 0.798. The number of fused-ring (bicyclic) bond motifs is 1. The molecule has 22 heavy (non-hydrogen) atoms. The fourth-order valence-corrected chi connectivity index (χ4v) is 2.41. The second-order valence-electron chi connectivity index (χ2n) is 5.27. The van der Waals surface area contributed by atoms with E-state index in [2.05, 4.69) is 16.9 Å². The third kappa shape index (κ3) is 3.42. The quantitative estimate of drug-likeness (QED) is 0.631. The number of nitrogens with zero attached hydrogens (tertiary/aromatic N) is 2. The molecule has 1 aromatic carbocycles. The molecule has 1 N–H and O–H groups in total. The Morgan fingerprint density at radius 1 is 1.41 bits per heavy atom. The highest BCUT2D eigenvalue weighted by atomic mass is 16.1. The van der Waals surface area contributed by atoms with Gasteiger partial charge >= 0.3 is 0 Å². The molecular formula is C17H21N3O2. The van der Waals surface area contributed by atoms with Crippen LogP contribution in [0.4, 0.5) is 0 Å². The summed E-state index contributed by atoms with van der Waals surface area (Å²) in [6, 6.07) is 7.56. The number of Topliss-reactive ketones (excluding diaryl/α,β-unsaturated/α-hetero) is 1. The number of aryl methyl sites for hydroxylation is 1. The summed E-state index contributed by atoms with van der Waals surface area (Å²) in [4.78, 5) is 27.5. The molecule has 2 aromatic rings. The van der Waals surface area contributed by atoms with Gasteiger partial charge in [0.05, 0.1) is 17.1 Å². The predicted molar refractivity (Wildman–Crippen MR) is 86.7 cm³/mol. The number of ketones is 1. The Labute approximate surface area is 130 Å². The van der Waals surface area contributed by atoms with E-state index < -0.39 is 0 Å². The van der Waals surface area contributed by atoms with Gasteiger partial charge in [-0.2, -0.15) is 0 Å². The molecule has 2 rings (SSSR count). The van der Waals surface area contributed by atoms with Crippen molar-refractivity contribution in [2.75, 3.05) is 6.54 Å². The van der Waals surface area contributed by atoms with Crippen LogP contribution in [0.5, 0.6) is 0 Å². The van der Waals surface area contributed by atoms with Crippen molar-refractivity contribution >= 4 is 22.7 Å². The molecule has 0 saturated heterocycles. The number of benzene rings is 1. The fraction of sp³-hybridized carbons (Fsp3) is 0.353. The van der Waals surface area contributed by atoms with E-state index >= 15 is 0 Å². The number of imidazole rings is 1. The zero-order valence-corrected chi connectivity index (χ0v) is 13.0. The molecule has 0 aliphatic carbocycles. The average Bonchev–Trinajstić information content (AvgIpc) is 2.88. The van der Waals surface area contributed by atoms with Gasteiger partial charge in [0.15, 0.2) is 5.78 Å². The summed E-state index contributed by atoms with van der Waals surface area (Å²) >= 11 is 0. The SMILES string of the molecule is C=CC(=O)NCCCc1nc2ccccc2n1C(C)C(C)=O. The van der Waals surface area contributed by atoms with Crippen molar-refractivity contribution in [2.24, 2.45) is 0 Å². The number of para-hydroxylation sites is 2. The topological polar surface area (TPSA) is 64.0 Å². The van der Waals surface area contributed by atoms with Crippen molar-refractivity contribution < 1.29 is 9.59 Å². The maximum Gasteiger partial charge on any atom is 0.243 e. The first kappa shape index (κ1) is 15.9. The summed E-state index contributed by atoms with van der Waals surface area (Å²) in [5.41, 5.74) is 1.86. The van der Waals surface area contributed by atoms with Crippen LogP contribution in [-0.2, 0) is 16.0 Å². The molecule has 0 bridgehead atoms. The molecule has 1 amide bonds. The number of carbonyl (C=O) groups is 2. The molecule has 0 radical (unpaired) electrons. The van der Waals surface area contributed by atoms with E-state index in [1.807, 2.05) is 35.8 Å². The standard InChI is InChI=1S/C17H21N3O2/c1-4-17(22)18-11-7-10-16-19-14-8-5-6-9-15(14)20(16)12(2)13(3)21/h4-6,8-9,12H,1,7,10-11H2,2-3H3,(H,18,22). The summed E-state index contributed by atoms with van der Waals surface area (Å²) in [7, 11) is 0. The predicted octanol–water partition coefficient (Wildman–Crippen LogP) is 2.42. The first-order valence-electron chi connectivity index (χ1n) is 7.41. The number of amides is 1. The van der Waals surface area contributed by atoms with Crippen LogP contribution in [0.3, 0.4) is 0 Å². The third-order valence-electron chi connectivity index (χ3n) is 3.71. The zero-order chi connectivity index (χ0) is 16.1. The zero-order valence-electron chi connectivity index (χ0n) is 13.0. The Hall–Kier alpha value is -2.43. The highest BCUT2D eigenvalue weighted by Crippen LogP contribution is 2.22. The molecule has 5 heteroatoms. The summed E-state index contributed by atoms with van der Waals surface area (Å²) in [5, 5.41) is 2.75. The number of aromatic nitrogens is 2. The van der Waals surface area contributed by atoms with E-state index in [4.69, 9.17) is 0 Å². The Bertz CT molecular complexity index is 703. The lowest BCUT2D eigenvalue weighted by Crippen LogP contribution is -2.23. The Balaban J connectivity index is 2.21. The molecule has 1 unspecified atom stereocenters. The minimum absolute atomic E-state index is 0.101. The average molecular weight is 299 g/mol. The Kier molecular flexibility index (Phi) is 5.09. The van der Waals surface area contributed by atoms with Crippen LogP contribution in [0.2, 0.25) is 0 Å². The molecule has 0 aliphatic rings. The second-order valence-corrected chi connectivity index (χ2v) is 5.27. The van der Waals surface area contributed by atoms with Crippen LogP contribution in [0.25, 0.3) is 11.0 Å². The summed E-state index contributed by atoms with van der Waals surface area (Å²) in [6.07, 6.45) is 2.71. The van der Waals surface area contributed by atoms with Crippen molar-refractivity contribution in [3.8, 4) is 0 Å². The molecule has 0 fully saturated rings. The van der Waals surface area contributed by atoms with Gasteiger partial charge < -0.3 is 9.88 Å². The molecule has 1 aromatic heterocycles. The molecular weight excluding hydrogens is 278 g/mol. The van der Waals surface area contributed by atoms with Crippen molar-refractivity contribution in [1.82, 2.24) is 14.9 Å². The van der Waals surface area contributed by atoms with Crippen molar-refractivity contribution in [2.45, 2.75) is 32.7 Å². The van der Waals surface area contributed by atoms with Crippen LogP contribution < -0.4 is 5.32 Å². The number of hydrogen-bond acceptors (Lipinski definition) is 3. The molecule has 0 aliphatic heterocycles. The van der Waals surface area contributed by atoms with Crippen LogP contribution in [0, 0.1) is 0 Å². The van der Waals surface area contributed by atoms with Gasteiger partial charge in [0, 0.05) is 13.0 Å². The maximum absolute atomic E-state index is 11.8.